The van der Waals surface area contributed by atoms with E-state index >= 15 is 0 Å². The third kappa shape index (κ3) is 5.97. The number of rotatable bonds is 10. The first-order chi connectivity index (χ1) is 14.3. The number of nitro groups is 1. The van der Waals surface area contributed by atoms with Crippen molar-refractivity contribution in [2.45, 2.75) is 4.90 Å². The van der Waals surface area contributed by atoms with Crippen molar-refractivity contribution in [1.82, 2.24) is 4.31 Å². The van der Waals surface area contributed by atoms with Crippen molar-refractivity contribution in [2.75, 3.05) is 18.4 Å². The summed E-state index contributed by atoms with van der Waals surface area (Å²) in [6.45, 7) is 7.42. The maximum Gasteiger partial charge on any atom is 0.270 e. The standard InChI is InChI=1S/C21H21N3O5S/c1-3-14-23(15-4-2)30(28,29)20-11-9-18(10-12-20)22-21(25)13-8-17-6-5-7-19(16-17)24(26)27/h3-13,16H,1-2,14-15H2,(H,22,25)/b13-8+. The Labute approximate surface area is 175 Å². The van der Waals surface area contributed by atoms with E-state index in [2.05, 4.69) is 18.5 Å². The molecular formula is C21H21N3O5S. The number of benzene rings is 2. The molecule has 0 bridgehead atoms. The topological polar surface area (TPSA) is 110 Å². The summed E-state index contributed by atoms with van der Waals surface area (Å²) in [7, 11) is -3.72. The number of sulfonamides is 1. The Balaban J connectivity index is 2.09. The molecule has 2 aromatic carbocycles. The van der Waals surface area contributed by atoms with E-state index in [4.69, 9.17) is 0 Å². The molecule has 0 saturated carbocycles. The van der Waals surface area contributed by atoms with Gasteiger partial charge in [-0.3, -0.25) is 14.9 Å². The minimum Gasteiger partial charge on any atom is -0.323 e. The summed E-state index contributed by atoms with van der Waals surface area (Å²) < 4.78 is 26.6. The molecule has 1 amide bonds. The maximum absolute atomic E-state index is 12.7. The van der Waals surface area contributed by atoms with Crippen LogP contribution in [0.5, 0.6) is 0 Å². The van der Waals surface area contributed by atoms with Crippen LogP contribution in [0.4, 0.5) is 11.4 Å². The third-order valence-electron chi connectivity index (χ3n) is 3.93. The summed E-state index contributed by atoms with van der Waals surface area (Å²) in [4.78, 5) is 22.4. The van der Waals surface area contributed by atoms with Gasteiger partial charge in [-0.2, -0.15) is 4.31 Å². The Morgan fingerprint density at radius 2 is 1.73 bits per heavy atom. The van der Waals surface area contributed by atoms with Crippen LogP contribution in [0.15, 0.2) is 84.8 Å². The first-order valence-corrected chi connectivity index (χ1v) is 10.3. The molecule has 2 rings (SSSR count). The van der Waals surface area contributed by atoms with Gasteiger partial charge in [-0.1, -0.05) is 24.3 Å². The van der Waals surface area contributed by atoms with Gasteiger partial charge in [-0.05, 0) is 35.9 Å². The van der Waals surface area contributed by atoms with E-state index in [0.717, 1.165) is 0 Å². The van der Waals surface area contributed by atoms with Crippen LogP contribution in [0.1, 0.15) is 5.56 Å². The van der Waals surface area contributed by atoms with Gasteiger partial charge in [0.2, 0.25) is 15.9 Å². The van der Waals surface area contributed by atoms with Gasteiger partial charge >= 0.3 is 0 Å². The number of amides is 1. The van der Waals surface area contributed by atoms with Gasteiger partial charge in [0.05, 0.1) is 9.82 Å². The van der Waals surface area contributed by atoms with Gasteiger partial charge in [-0.15, -0.1) is 13.2 Å². The quantitative estimate of drug-likeness (QED) is 0.270. The van der Waals surface area contributed by atoms with Gasteiger partial charge in [0.25, 0.3) is 5.69 Å². The fourth-order valence-electron chi connectivity index (χ4n) is 2.52. The molecule has 0 aliphatic heterocycles. The van der Waals surface area contributed by atoms with Crippen LogP contribution in [0.3, 0.4) is 0 Å². The number of anilines is 1. The number of nitro benzene ring substituents is 1. The van der Waals surface area contributed by atoms with Gasteiger partial charge in [0.1, 0.15) is 0 Å². The molecule has 0 atom stereocenters. The number of hydrogen-bond acceptors (Lipinski definition) is 5. The van der Waals surface area contributed by atoms with Crippen molar-refractivity contribution in [3.8, 4) is 0 Å². The summed E-state index contributed by atoms with van der Waals surface area (Å²) >= 11 is 0. The molecule has 1 N–H and O–H groups in total. The molecule has 0 radical (unpaired) electrons. The van der Waals surface area contributed by atoms with Crippen LogP contribution in [-0.2, 0) is 14.8 Å². The summed E-state index contributed by atoms with van der Waals surface area (Å²) in [5.41, 5.74) is 0.836. The molecule has 0 saturated heterocycles. The van der Waals surface area contributed by atoms with Crippen LogP contribution in [0.2, 0.25) is 0 Å². The second kappa shape index (κ2) is 10.3. The highest BCUT2D eigenvalue weighted by atomic mass is 32.2. The Morgan fingerprint density at radius 3 is 2.30 bits per heavy atom. The zero-order chi connectivity index (χ0) is 22.1. The summed E-state index contributed by atoms with van der Waals surface area (Å²) in [5.74, 6) is -0.461. The number of non-ortho nitro benzene ring substituents is 1. The molecule has 0 aliphatic carbocycles. The highest BCUT2D eigenvalue weighted by molar-refractivity contribution is 7.89. The van der Waals surface area contributed by atoms with Crippen molar-refractivity contribution >= 4 is 33.4 Å². The van der Waals surface area contributed by atoms with Crippen LogP contribution in [0.25, 0.3) is 6.08 Å². The predicted octanol–water partition coefficient (Wildman–Crippen LogP) is 3.61. The number of carbonyl (C=O) groups excluding carboxylic acids is 1. The lowest BCUT2D eigenvalue weighted by atomic mass is 10.2. The minimum absolute atomic E-state index is 0.0729. The highest BCUT2D eigenvalue weighted by Crippen LogP contribution is 2.19. The van der Waals surface area contributed by atoms with E-state index in [1.165, 1.54) is 71.1 Å². The van der Waals surface area contributed by atoms with Crippen LogP contribution in [-0.4, -0.2) is 36.6 Å². The number of hydrogen-bond donors (Lipinski definition) is 1. The van der Waals surface area contributed by atoms with E-state index in [1.54, 1.807) is 6.07 Å². The van der Waals surface area contributed by atoms with Gasteiger partial charge < -0.3 is 5.32 Å². The fourth-order valence-corrected chi connectivity index (χ4v) is 3.90. The summed E-state index contributed by atoms with van der Waals surface area (Å²) in [6.07, 6.45) is 5.66. The minimum atomic E-state index is -3.72. The largest absolute Gasteiger partial charge is 0.323 e. The molecule has 0 aliphatic rings. The van der Waals surface area contributed by atoms with Crippen LogP contribution in [0, 0.1) is 10.1 Å². The monoisotopic (exact) mass is 427 g/mol. The first-order valence-electron chi connectivity index (χ1n) is 8.83. The second-order valence-electron chi connectivity index (χ2n) is 6.10. The predicted molar refractivity (Wildman–Crippen MR) is 116 cm³/mol. The average molecular weight is 427 g/mol. The number of nitrogens with zero attached hydrogens (tertiary/aromatic N) is 2. The van der Waals surface area contributed by atoms with E-state index < -0.39 is 20.9 Å². The lowest BCUT2D eigenvalue weighted by Gasteiger charge is -2.19. The van der Waals surface area contributed by atoms with Gasteiger partial charge in [0, 0.05) is 37.0 Å². The number of carbonyl (C=O) groups is 1. The van der Waals surface area contributed by atoms with Crippen molar-refractivity contribution in [3.63, 3.8) is 0 Å². The second-order valence-corrected chi connectivity index (χ2v) is 8.04. The van der Waals surface area contributed by atoms with Gasteiger partial charge in [0.15, 0.2) is 0 Å². The molecule has 9 heteroatoms. The normalized spacial score (nSPS) is 11.4. The molecule has 0 spiro atoms. The van der Waals surface area contributed by atoms with Crippen molar-refractivity contribution in [1.29, 1.82) is 0 Å². The summed E-state index contributed by atoms with van der Waals surface area (Å²) in [6, 6.07) is 11.6. The molecular weight excluding hydrogens is 406 g/mol. The van der Waals surface area contributed by atoms with E-state index in [9.17, 15) is 23.3 Å². The average Bonchev–Trinajstić information content (AvgIpc) is 2.72. The molecule has 2 aromatic rings. The molecule has 30 heavy (non-hydrogen) atoms. The van der Waals surface area contributed by atoms with E-state index in [0.29, 0.717) is 11.3 Å². The van der Waals surface area contributed by atoms with Crippen molar-refractivity contribution < 1.29 is 18.1 Å². The van der Waals surface area contributed by atoms with Crippen molar-refractivity contribution in [3.05, 3.63) is 95.6 Å². The first kappa shape index (κ1) is 22.7. The smallest absolute Gasteiger partial charge is 0.270 e. The van der Waals surface area contributed by atoms with Gasteiger partial charge in [-0.25, -0.2) is 8.42 Å². The number of nitrogens with one attached hydrogen (secondary N) is 1. The fraction of sp³-hybridized carbons (Fsp3) is 0.0952. The van der Waals surface area contributed by atoms with Crippen LogP contribution >= 0.6 is 0 Å². The van der Waals surface area contributed by atoms with Crippen LogP contribution < -0.4 is 5.32 Å². The lowest BCUT2D eigenvalue weighted by Crippen LogP contribution is -2.31. The SMILES string of the molecule is C=CCN(CC=C)S(=O)(=O)c1ccc(NC(=O)/C=C/c2cccc([N+](=O)[O-])c2)cc1. The maximum atomic E-state index is 12.7. The van der Waals surface area contributed by atoms with E-state index in [-0.39, 0.29) is 23.7 Å². The zero-order valence-electron chi connectivity index (χ0n) is 16.1. The Hall–Kier alpha value is -3.56. The molecule has 0 unspecified atom stereocenters. The lowest BCUT2D eigenvalue weighted by molar-refractivity contribution is -0.384. The van der Waals surface area contributed by atoms with Crippen molar-refractivity contribution in [2.24, 2.45) is 0 Å². The highest BCUT2D eigenvalue weighted by Gasteiger charge is 2.22. The molecule has 8 nitrogen and oxygen atoms in total. The Kier molecular flexibility index (Phi) is 7.79. The Bertz CT molecular complexity index is 1070. The molecule has 0 aromatic heterocycles. The third-order valence-corrected chi connectivity index (χ3v) is 5.78. The Morgan fingerprint density at radius 1 is 1.10 bits per heavy atom. The summed E-state index contributed by atoms with van der Waals surface area (Å²) in [5, 5.41) is 13.4. The molecule has 0 fully saturated rings. The molecule has 156 valence electrons. The molecule has 0 heterocycles. The van der Waals surface area contributed by atoms with E-state index in [1.807, 2.05) is 0 Å². The zero-order valence-corrected chi connectivity index (χ0v) is 16.9.